The van der Waals surface area contributed by atoms with Gasteiger partial charge in [-0.15, -0.1) is 0 Å². The van der Waals surface area contributed by atoms with Crippen LogP contribution >= 0.6 is 0 Å². The van der Waals surface area contributed by atoms with Crippen molar-refractivity contribution in [1.82, 2.24) is 0 Å². The Morgan fingerprint density at radius 2 is 1.96 bits per heavy atom. The Morgan fingerprint density at radius 3 is 2.65 bits per heavy atom. The van der Waals surface area contributed by atoms with Crippen LogP contribution in [0.2, 0.25) is 0 Å². The molecule has 1 unspecified atom stereocenters. The molecule has 4 N–H and O–H groups in total. The highest BCUT2D eigenvalue weighted by Gasteiger charge is 2.23. The van der Waals surface area contributed by atoms with Crippen molar-refractivity contribution in [3.05, 3.63) is 65.0 Å². The summed E-state index contributed by atoms with van der Waals surface area (Å²) in [6.07, 6.45) is 1.61. The zero-order valence-corrected chi connectivity index (χ0v) is 14.3. The number of rotatable bonds is 3. The van der Waals surface area contributed by atoms with Gasteiger partial charge in [-0.3, -0.25) is 4.79 Å². The van der Waals surface area contributed by atoms with Crippen molar-refractivity contribution >= 4 is 17.4 Å². The Bertz CT molecular complexity index is 934. The Labute approximate surface area is 149 Å². The first-order valence-electron chi connectivity index (χ1n) is 7.90. The number of carbonyl (C=O) groups is 1. The number of benzene rings is 2. The molecule has 1 atom stereocenters. The summed E-state index contributed by atoms with van der Waals surface area (Å²) >= 11 is 0. The van der Waals surface area contributed by atoms with Crippen LogP contribution in [0.5, 0.6) is 11.5 Å². The molecule has 0 fully saturated rings. The normalized spacial score (nSPS) is 15.3. The zero-order chi connectivity index (χ0) is 18.8. The minimum absolute atomic E-state index is 0.232. The number of carbonyl (C=O) groups excluding carboxylic acids is 1. The molecule has 0 bridgehead atoms. The number of guanidine groups is 1. The summed E-state index contributed by atoms with van der Waals surface area (Å²) in [6, 6.07) is 9.13. The van der Waals surface area contributed by atoms with Crippen molar-refractivity contribution < 1.29 is 18.7 Å². The van der Waals surface area contributed by atoms with Gasteiger partial charge in [0.2, 0.25) is 0 Å². The third kappa shape index (κ3) is 3.37. The lowest BCUT2D eigenvalue weighted by Gasteiger charge is -2.25. The molecular weight excluding hydrogens is 337 g/mol. The highest BCUT2D eigenvalue weighted by atomic mass is 19.1. The van der Waals surface area contributed by atoms with E-state index in [9.17, 15) is 9.18 Å². The minimum atomic E-state index is -0.572. The fraction of sp³-hybridized carbons (Fsp3) is 0.158. The lowest BCUT2D eigenvalue weighted by atomic mass is 9.92. The molecule has 3 rings (SSSR count). The van der Waals surface area contributed by atoms with E-state index in [1.54, 1.807) is 24.3 Å². The second kappa shape index (κ2) is 6.87. The monoisotopic (exact) mass is 355 g/mol. The van der Waals surface area contributed by atoms with E-state index in [4.69, 9.17) is 20.9 Å². The number of nitrogens with zero attached hydrogens (tertiary/aromatic N) is 1. The average molecular weight is 355 g/mol. The first-order chi connectivity index (χ1) is 12.4. The van der Waals surface area contributed by atoms with Crippen LogP contribution in [0.25, 0.3) is 5.57 Å². The van der Waals surface area contributed by atoms with Crippen molar-refractivity contribution in [2.45, 2.75) is 13.0 Å². The van der Waals surface area contributed by atoms with E-state index in [1.807, 2.05) is 13.0 Å². The molecule has 1 aliphatic heterocycles. The Hall–Kier alpha value is -3.35. The molecule has 7 heteroatoms. The molecule has 0 radical (unpaired) electrons. The molecule has 0 aliphatic carbocycles. The summed E-state index contributed by atoms with van der Waals surface area (Å²) in [5, 5.41) is 0. The third-order valence-corrected chi connectivity index (χ3v) is 3.91. The van der Waals surface area contributed by atoms with Gasteiger partial charge in [-0.25, -0.2) is 4.39 Å². The van der Waals surface area contributed by atoms with E-state index >= 15 is 0 Å². The van der Waals surface area contributed by atoms with Crippen LogP contribution in [-0.2, 0) is 0 Å². The fourth-order valence-corrected chi connectivity index (χ4v) is 2.84. The maximum Gasteiger partial charge on any atom is 0.280 e. The van der Waals surface area contributed by atoms with Gasteiger partial charge < -0.3 is 20.9 Å². The molecule has 1 amide bonds. The molecule has 0 aromatic heterocycles. The van der Waals surface area contributed by atoms with Crippen LogP contribution in [-0.4, -0.2) is 25.1 Å². The maximum atomic E-state index is 13.8. The fourth-order valence-electron chi connectivity index (χ4n) is 2.84. The highest BCUT2D eigenvalue weighted by Crippen LogP contribution is 2.40. The highest BCUT2D eigenvalue weighted by molar-refractivity contribution is 6.03. The molecule has 1 heterocycles. The Kier molecular flexibility index (Phi) is 4.62. The lowest BCUT2D eigenvalue weighted by molar-refractivity contribution is 0.100. The van der Waals surface area contributed by atoms with Crippen LogP contribution in [0.15, 0.2) is 47.5 Å². The van der Waals surface area contributed by atoms with E-state index < -0.39 is 11.7 Å². The molecule has 0 saturated carbocycles. The molecule has 1 aliphatic rings. The predicted molar refractivity (Wildman–Crippen MR) is 96.7 cm³/mol. The average Bonchev–Trinajstić information content (AvgIpc) is 2.60. The number of methoxy groups -OCH3 is 1. The number of nitrogens with two attached hydrogens (primary N) is 2. The summed E-state index contributed by atoms with van der Waals surface area (Å²) in [7, 11) is 1.51. The van der Waals surface area contributed by atoms with Crippen molar-refractivity contribution in [2.75, 3.05) is 7.11 Å². The van der Waals surface area contributed by atoms with Gasteiger partial charge >= 0.3 is 0 Å². The summed E-state index contributed by atoms with van der Waals surface area (Å²) in [6.45, 7) is 1.87. The smallest absolute Gasteiger partial charge is 0.280 e. The summed E-state index contributed by atoms with van der Waals surface area (Å²) in [5.74, 6) is -0.200. The predicted octanol–water partition coefficient (Wildman–Crippen LogP) is 2.46. The van der Waals surface area contributed by atoms with Crippen molar-refractivity contribution in [3.63, 3.8) is 0 Å². The van der Waals surface area contributed by atoms with E-state index in [0.29, 0.717) is 28.2 Å². The number of halogens is 1. The van der Waals surface area contributed by atoms with Crippen molar-refractivity contribution in [1.29, 1.82) is 0 Å². The molecular formula is C19H18FN3O3. The van der Waals surface area contributed by atoms with E-state index in [0.717, 1.165) is 0 Å². The SMILES string of the molecule is COc1ccc(F)cc1C1=CC(C)Oc2ccc(C(=O)N=C(N)N)cc21. The van der Waals surface area contributed by atoms with Crippen LogP contribution in [0.4, 0.5) is 4.39 Å². The Balaban J connectivity index is 2.16. The van der Waals surface area contributed by atoms with Crippen LogP contribution in [0, 0.1) is 5.82 Å². The number of ether oxygens (including phenoxy) is 2. The topological polar surface area (TPSA) is 99.9 Å². The van der Waals surface area contributed by atoms with Crippen LogP contribution in [0.1, 0.15) is 28.4 Å². The lowest BCUT2D eigenvalue weighted by Crippen LogP contribution is -2.24. The third-order valence-electron chi connectivity index (χ3n) is 3.91. The standard InChI is InChI=1S/C19H18FN3O3/c1-10-7-13(15-9-12(20)4-6-16(15)25-2)14-8-11(3-5-17(14)26-10)18(24)23-19(21)22/h3-10H,1-2H3,(H4,21,22,23,24). The summed E-state index contributed by atoms with van der Waals surface area (Å²) in [4.78, 5) is 15.7. The molecule has 0 spiro atoms. The van der Waals surface area contributed by atoms with Gasteiger partial charge in [0.1, 0.15) is 23.4 Å². The van der Waals surface area contributed by atoms with Gasteiger partial charge in [0, 0.05) is 16.7 Å². The number of hydrogen-bond donors (Lipinski definition) is 2. The van der Waals surface area contributed by atoms with E-state index in [-0.39, 0.29) is 17.6 Å². The second-order valence-electron chi connectivity index (χ2n) is 5.80. The zero-order valence-electron chi connectivity index (χ0n) is 14.3. The second-order valence-corrected chi connectivity index (χ2v) is 5.80. The Morgan fingerprint density at radius 1 is 1.19 bits per heavy atom. The quantitative estimate of drug-likeness (QED) is 0.651. The number of hydrogen-bond acceptors (Lipinski definition) is 3. The number of fused-ring (bicyclic) bond motifs is 1. The van der Waals surface area contributed by atoms with Gasteiger partial charge in [0.25, 0.3) is 5.91 Å². The van der Waals surface area contributed by atoms with E-state index in [2.05, 4.69) is 4.99 Å². The number of aliphatic imine (C=N–C) groups is 1. The molecule has 6 nitrogen and oxygen atoms in total. The van der Waals surface area contributed by atoms with Gasteiger partial charge in [-0.1, -0.05) is 0 Å². The van der Waals surface area contributed by atoms with Crippen molar-refractivity contribution in [3.8, 4) is 11.5 Å². The number of amides is 1. The van der Waals surface area contributed by atoms with Gasteiger partial charge in [0.15, 0.2) is 5.96 Å². The molecule has 2 aromatic rings. The van der Waals surface area contributed by atoms with Gasteiger partial charge in [-0.2, -0.15) is 4.99 Å². The van der Waals surface area contributed by atoms with Gasteiger partial charge in [-0.05, 0) is 55.0 Å². The van der Waals surface area contributed by atoms with Gasteiger partial charge in [0.05, 0.1) is 7.11 Å². The minimum Gasteiger partial charge on any atom is -0.496 e. The summed E-state index contributed by atoms with van der Waals surface area (Å²) < 4.78 is 25.0. The maximum absolute atomic E-state index is 13.8. The molecule has 26 heavy (non-hydrogen) atoms. The van der Waals surface area contributed by atoms with Crippen molar-refractivity contribution in [2.24, 2.45) is 16.5 Å². The summed E-state index contributed by atoms with van der Waals surface area (Å²) in [5.41, 5.74) is 12.7. The van der Waals surface area contributed by atoms with E-state index in [1.165, 1.54) is 19.2 Å². The van der Waals surface area contributed by atoms with Crippen LogP contribution in [0.3, 0.4) is 0 Å². The van der Waals surface area contributed by atoms with Crippen LogP contribution < -0.4 is 20.9 Å². The molecule has 0 saturated heterocycles. The molecule has 134 valence electrons. The largest absolute Gasteiger partial charge is 0.496 e. The molecule has 2 aromatic carbocycles. The first kappa shape index (κ1) is 17.5. The first-order valence-corrected chi connectivity index (χ1v) is 7.90.